The van der Waals surface area contributed by atoms with Crippen LogP contribution in [0.15, 0.2) is 18.2 Å². The van der Waals surface area contributed by atoms with Crippen molar-refractivity contribution in [3.8, 4) is 11.5 Å². The summed E-state index contributed by atoms with van der Waals surface area (Å²) in [5.74, 6) is 2.32. The number of nitrogens with one attached hydrogen (secondary N) is 1. The first-order valence-electron chi connectivity index (χ1n) is 8.08. The lowest BCUT2D eigenvalue weighted by molar-refractivity contribution is 0.101. The molecule has 1 aliphatic carbocycles. The van der Waals surface area contributed by atoms with Crippen molar-refractivity contribution < 1.29 is 14.6 Å². The van der Waals surface area contributed by atoms with Crippen LogP contribution in [0.4, 0.5) is 0 Å². The van der Waals surface area contributed by atoms with E-state index in [-0.39, 0.29) is 6.10 Å². The number of aliphatic hydroxyl groups is 1. The molecule has 2 aliphatic rings. The lowest BCUT2D eigenvalue weighted by atomic mass is 9.87. The lowest BCUT2D eigenvalue weighted by Gasteiger charge is -2.26. The molecule has 0 radical (unpaired) electrons. The van der Waals surface area contributed by atoms with Gasteiger partial charge in [-0.3, -0.25) is 0 Å². The fourth-order valence-electron chi connectivity index (χ4n) is 3.19. The zero-order valence-corrected chi connectivity index (χ0v) is 12.5. The van der Waals surface area contributed by atoms with Gasteiger partial charge in [-0.2, -0.15) is 0 Å². The molecule has 0 amide bonds. The highest BCUT2D eigenvalue weighted by molar-refractivity contribution is 5.43. The van der Waals surface area contributed by atoms with E-state index in [0.29, 0.717) is 5.92 Å². The normalized spacial score (nSPS) is 25.4. The first kappa shape index (κ1) is 14.7. The quantitative estimate of drug-likeness (QED) is 0.895. The van der Waals surface area contributed by atoms with Crippen molar-refractivity contribution in [2.75, 3.05) is 19.8 Å². The molecule has 116 valence electrons. The van der Waals surface area contributed by atoms with E-state index < -0.39 is 0 Å². The zero-order valence-electron chi connectivity index (χ0n) is 12.5. The molecular weight excluding hydrogens is 266 g/mol. The van der Waals surface area contributed by atoms with Gasteiger partial charge in [0.15, 0.2) is 11.5 Å². The van der Waals surface area contributed by atoms with Crippen molar-refractivity contribution in [3.05, 3.63) is 23.8 Å². The number of hydrogen-bond acceptors (Lipinski definition) is 4. The second-order valence-electron chi connectivity index (χ2n) is 6.15. The molecule has 0 bridgehead atoms. The van der Waals surface area contributed by atoms with Crippen LogP contribution in [0.25, 0.3) is 0 Å². The Morgan fingerprint density at radius 3 is 2.81 bits per heavy atom. The predicted octanol–water partition coefficient (Wildman–Crippen LogP) is 2.49. The van der Waals surface area contributed by atoms with Crippen molar-refractivity contribution in [2.24, 2.45) is 5.92 Å². The smallest absolute Gasteiger partial charge is 0.161 e. The van der Waals surface area contributed by atoms with Crippen molar-refractivity contribution in [1.82, 2.24) is 5.32 Å². The molecule has 1 aliphatic heterocycles. The van der Waals surface area contributed by atoms with Crippen molar-refractivity contribution >= 4 is 0 Å². The predicted molar refractivity (Wildman–Crippen MR) is 81.7 cm³/mol. The molecule has 2 unspecified atom stereocenters. The van der Waals surface area contributed by atoms with Gasteiger partial charge in [-0.25, -0.2) is 0 Å². The molecule has 1 fully saturated rings. The zero-order chi connectivity index (χ0) is 14.5. The summed E-state index contributed by atoms with van der Waals surface area (Å²) < 4.78 is 11.4. The van der Waals surface area contributed by atoms with Gasteiger partial charge >= 0.3 is 0 Å². The standard InChI is InChI=1S/C17H25NO3/c19-15-4-1-3-13(9-15)11-18-12-14-5-6-16-17(10-14)21-8-2-7-20-16/h5-6,10,13,15,18-19H,1-4,7-9,11-12H2. The van der Waals surface area contributed by atoms with Crippen LogP contribution in [-0.2, 0) is 6.54 Å². The minimum atomic E-state index is -0.0939. The molecule has 0 saturated heterocycles. The first-order chi connectivity index (χ1) is 10.3. The highest BCUT2D eigenvalue weighted by Gasteiger charge is 2.19. The Morgan fingerprint density at radius 1 is 1.10 bits per heavy atom. The van der Waals surface area contributed by atoms with E-state index in [1.807, 2.05) is 6.07 Å². The van der Waals surface area contributed by atoms with E-state index in [9.17, 15) is 5.11 Å². The Kier molecular flexibility index (Phi) is 4.99. The van der Waals surface area contributed by atoms with Crippen LogP contribution < -0.4 is 14.8 Å². The fraction of sp³-hybridized carbons (Fsp3) is 0.647. The van der Waals surface area contributed by atoms with E-state index in [2.05, 4.69) is 17.4 Å². The monoisotopic (exact) mass is 291 g/mol. The molecule has 4 heteroatoms. The highest BCUT2D eigenvalue weighted by Crippen LogP contribution is 2.30. The Balaban J connectivity index is 1.50. The average molecular weight is 291 g/mol. The van der Waals surface area contributed by atoms with Crippen LogP contribution in [0.1, 0.15) is 37.7 Å². The molecule has 1 heterocycles. The topological polar surface area (TPSA) is 50.7 Å². The summed E-state index contributed by atoms with van der Waals surface area (Å²) in [6.07, 6.45) is 5.13. The maximum atomic E-state index is 9.70. The molecule has 1 aromatic carbocycles. The third-order valence-corrected chi connectivity index (χ3v) is 4.33. The molecule has 21 heavy (non-hydrogen) atoms. The minimum Gasteiger partial charge on any atom is -0.490 e. The largest absolute Gasteiger partial charge is 0.490 e. The van der Waals surface area contributed by atoms with Crippen LogP contribution in [0.5, 0.6) is 11.5 Å². The van der Waals surface area contributed by atoms with Gasteiger partial charge in [-0.05, 0) is 49.4 Å². The molecule has 0 spiro atoms. The number of ether oxygens (including phenoxy) is 2. The summed E-state index contributed by atoms with van der Waals surface area (Å²) in [4.78, 5) is 0. The molecule has 1 saturated carbocycles. The summed E-state index contributed by atoms with van der Waals surface area (Å²) in [5.41, 5.74) is 1.22. The third-order valence-electron chi connectivity index (χ3n) is 4.33. The van der Waals surface area contributed by atoms with Gasteiger partial charge in [0.05, 0.1) is 19.3 Å². The van der Waals surface area contributed by atoms with Gasteiger partial charge in [0.1, 0.15) is 0 Å². The van der Waals surface area contributed by atoms with Crippen molar-refractivity contribution in [2.45, 2.75) is 44.8 Å². The van der Waals surface area contributed by atoms with Crippen molar-refractivity contribution in [1.29, 1.82) is 0 Å². The lowest BCUT2D eigenvalue weighted by Crippen LogP contribution is -2.28. The average Bonchev–Trinajstić information content (AvgIpc) is 2.72. The van der Waals surface area contributed by atoms with Crippen molar-refractivity contribution in [3.63, 3.8) is 0 Å². The third kappa shape index (κ3) is 4.11. The number of rotatable bonds is 4. The summed E-state index contributed by atoms with van der Waals surface area (Å²) in [6, 6.07) is 6.17. The number of hydrogen-bond donors (Lipinski definition) is 2. The Bertz CT molecular complexity index is 463. The first-order valence-corrected chi connectivity index (χ1v) is 8.08. The maximum absolute atomic E-state index is 9.70. The number of benzene rings is 1. The molecule has 2 atom stereocenters. The maximum Gasteiger partial charge on any atom is 0.161 e. The van der Waals surface area contributed by atoms with Gasteiger partial charge in [-0.1, -0.05) is 12.5 Å². The second-order valence-corrected chi connectivity index (χ2v) is 6.15. The van der Waals surface area contributed by atoms with E-state index in [4.69, 9.17) is 9.47 Å². The van der Waals surface area contributed by atoms with E-state index in [1.54, 1.807) is 0 Å². The molecule has 0 aromatic heterocycles. The number of fused-ring (bicyclic) bond motifs is 1. The van der Waals surface area contributed by atoms with Gasteiger partial charge in [0.25, 0.3) is 0 Å². The van der Waals surface area contributed by atoms with Gasteiger partial charge in [0.2, 0.25) is 0 Å². The minimum absolute atomic E-state index is 0.0939. The Labute approximate surface area is 126 Å². The van der Waals surface area contributed by atoms with E-state index in [0.717, 1.165) is 63.5 Å². The van der Waals surface area contributed by atoms with Crippen LogP contribution in [0, 0.1) is 5.92 Å². The van der Waals surface area contributed by atoms with Gasteiger partial charge < -0.3 is 19.9 Å². The van der Waals surface area contributed by atoms with Gasteiger partial charge in [-0.15, -0.1) is 0 Å². The van der Waals surface area contributed by atoms with Crippen LogP contribution in [-0.4, -0.2) is 31.0 Å². The van der Waals surface area contributed by atoms with Crippen LogP contribution in [0.2, 0.25) is 0 Å². The summed E-state index contributed by atoms with van der Waals surface area (Å²) in [6.45, 7) is 3.27. The Morgan fingerprint density at radius 2 is 1.95 bits per heavy atom. The Hall–Kier alpha value is -1.26. The van der Waals surface area contributed by atoms with Crippen LogP contribution >= 0.6 is 0 Å². The summed E-state index contributed by atoms with van der Waals surface area (Å²) >= 11 is 0. The van der Waals surface area contributed by atoms with E-state index in [1.165, 1.54) is 12.0 Å². The van der Waals surface area contributed by atoms with E-state index >= 15 is 0 Å². The molecule has 3 rings (SSSR count). The second kappa shape index (κ2) is 7.14. The SMILES string of the molecule is OC1CCCC(CNCc2ccc3c(c2)OCCCO3)C1. The highest BCUT2D eigenvalue weighted by atomic mass is 16.5. The molecule has 1 aromatic rings. The fourth-order valence-corrected chi connectivity index (χ4v) is 3.19. The molecular formula is C17H25NO3. The van der Waals surface area contributed by atoms with Crippen LogP contribution in [0.3, 0.4) is 0 Å². The molecule has 4 nitrogen and oxygen atoms in total. The van der Waals surface area contributed by atoms with Gasteiger partial charge in [0, 0.05) is 13.0 Å². The number of aliphatic hydroxyl groups excluding tert-OH is 1. The summed E-state index contributed by atoms with van der Waals surface area (Å²) in [5, 5.41) is 13.2. The summed E-state index contributed by atoms with van der Waals surface area (Å²) in [7, 11) is 0. The molecule has 2 N–H and O–H groups in total.